The number of aryl methyl sites for hydroxylation is 3. The van der Waals surface area contributed by atoms with Gasteiger partial charge in [-0.2, -0.15) is 0 Å². The molecule has 12 aromatic rings. The molecule has 0 atom stereocenters. The van der Waals surface area contributed by atoms with Crippen LogP contribution in [0.3, 0.4) is 0 Å². The van der Waals surface area contributed by atoms with Crippen LogP contribution < -0.4 is 28.4 Å². The Hall–Kier alpha value is -8.82. The first kappa shape index (κ1) is 64.7. The van der Waals surface area contributed by atoms with Gasteiger partial charge in [-0.25, -0.2) is 4.39 Å². The van der Waals surface area contributed by atoms with Crippen molar-refractivity contribution in [2.75, 3.05) is 39.6 Å². The second kappa shape index (κ2) is 33.6. The molecule has 0 fully saturated rings. The van der Waals surface area contributed by atoms with Crippen molar-refractivity contribution in [3.8, 4) is 34.5 Å². The van der Waals surface area contributed by atoms with Gasteiger partial charge in [0.25, 0.3) is 0 Å². The lowest BCUT2D eigenvalue weighted by molar-refractivity contribution is 0.282. The van der Waals surface area contributed by atoms with Gasteiger partial charge in [-0.3, -0.25) is 0 Å². The van der Waals surface area contributed by atoms with E-state index < -0.39 is 0 Å². The molecule has 0 bridgehead atoms. The van der Waals surface area contributed by atoms with E-state index in [1.54, 1.807) is 6.07 Å². The zero-order chi connectivity index (χ0) is 61.2. The molecule has 0 aliphatic rings. The van der Waals surface area contributed by atoms with Gasteiger partial charge in [-0.15, -0.1) is 0 Å². The summed E-state index contributed by atoms with van der Waals surface area (Å²) in [6.07, 6.45) is 1.07. The monoisotopic (exact) mass is 1170 g/mol. The second-order valence-electron chi connectivity index (χ2n) is 20.0. The topological polar surface area (TPSA) is 75.6 Å². The van der Waals surface area contributed by atoms with Crippen LogP contribution in [0.5, 0.6) is 34.5 Å². The first-order valence-corrected chi connectivity index (χ1v) is 30.1. The number of fused-ring (bicyclic) bond motifs is 6. The Labute approximate surface area is 512 Å². The molecule has 0 radical (unpaired) electrons. The van der Waals surface area contributed by atoms with Crippen LogP contribution in [0.15, 0.2) is 218 Å². The van der Waals surface area contributed by atoms with Crippen LogP contribution in [0.1, 0.15) is 70.7 Å². The molecule has 0 amide bonds. The Morgan fingerprint density at radius 2 is 0.802 bits per heavy atom. The minimum Gasteiger partial charge on any atom is -0.494 e. The number of aliphatic hydroxyl groups excluding tert-OH is 1. The third-order valence-corrected chi connectivity index (χ3v) is 14.2. The third-order valence-electron chi connectivity index (χ3n) is 13.9. The average molecular weight is 1170 g/mol. The molecule has 7 nitrogen and oxygen atoms in total. The molecule has 0 heterocycles. The summed E-state index contributed by atoms with van der Waals surface area (Å²) in [7, 11) is 0. The molecule has 0 aliphatic carbocycles. The highest BCUT2D eigenvalue weighted by molar-refractivity contribution is 6.35. The van der Waals surface area contributed by atoms with E-state index in [9.17, 15) is 4.39 Å². The summed E-state index contributed by atoms with van der Waals surface area (Å²) in [4.78, 5) is 0. The molecular formula is C77H80ClFO7. The summed E-state index contributed by atoms with van der Waals surface area (Å²) < 4.78 is 45.5. The smallest absolute Gasteiger partial charge is 0.123 e. The fourth-order valence-corrected chi connectivity index (χ4v) is 10.1. The Bertz CT molecular complexity index is 4070. The van der Waals surface area contributed by atoms with Crippen LogP contribution in [0.25, 0.3) is 64.6 Å². The lowest BCUT2D eigenvalue weighted by Gasteiger charge is -2.08. The number of halogens is 2. The van der Waals surface area contributed by atoms with Crippen LogP contribution in [0.4, 0.5) is 4.39 Å². The summed E-state index contributed by atoms with van der Waals surface area (Å²) in [6, 6.07) is 72.1. The van der Waals surface area contributed by atoms with Gasteiger partial charge in [0.2, 0.25) is 0 Å². The number of hydrogen-bond acceptors (Lipinski definition) is 7. The van der Waals surface area contributed by atoms with Crippen molar-refractivity contribution in [3.05, 3.63) is 251 Å². The minimum atomic E-state index is -0.207. The number of benzene rings is 12. The van der Waals surface area contributed by atoms with Gasteiger partial charge in [0.1, 0.15) is 40.3 Å². The zero-order valence-corrected chi connectivity index (χ0v) is 51.9. The largest absolute Gasteiger partial charge is 0.494 e. The number of ether oxygens (including phenoxy) is 6. The summed E-state index contributed by atoms with van der Waals surface area (Å²) in [6.45, 7) is 22.5. The molecule has 86 heavy (non-hydrogen) atoms. The molecular weight excluding hydrogens is 1090 g/mol. The Morgan fingerprint density at radius 3 is 1.45 bits per heavy atom. The van der Waals surface area contributed by atoms with E-state index >= 15 is 0 Å². The molecule has 0 saturated carbocycles. The maximum Gasteiger partial charge on any atom is 0.123 e. The first-order chi connectivity index (χ1) is 41.9. The maximum absolute atomic E-state index is 12.9. The van der Waals surface area contributed by atoms with Gasteiger partial charge in [0.15, 0.2) is 0 Å². The van der Waals surface area contributed by atoms with Crippen LogP contribution in [0, 0.1) is 19.7 Å². The van der Waals surface area contributed by atoms with Crippen molar-refractivity contribution in [3.63, 3.8) is 0 Å². The van der Waals surface area contributed by atoms with Gasteiger partial charge in [-0.1, -0.05) is 146 Å². The fourth-order valence-electron chi connectivity index (χ4n) is 9.77. The van der Waals surface area contributed by atoms with Crippen LogP contribution in [-0.2, 0) is 13.0 Å². The van der Waals surface area contributed by atoms with Crippen LogP contribution >= 0.6 is 11.6 Å². The third kappa shape index (κ3) is 18.6. The van der Waals surface area contributed by atoms with Crippen molar-refractivity contribution in [1.29, 1.82) is 0 Å². The van der Waals surface area contributed by atoms with Gasteiger partial charge in [0, 0.05) is 5.39 Å². The summed E-state index contributed by atoms with van der Waals surface area (Å²) >= 11 is 6.12. The Morgan fingerprint density at radius 1 is 0.337 bits per heavy atom. The van der Waals surface area contributed by atoms with Gasteiger partial charge >= 0.3 is 0 Å². The molecule has 9 heteroatoms. The van der Waals surface area contributed by atoms with Crippen molar-refractivity contribution in [2.24, 2.45) is 0 Å². The predicted molar refractivity (Wildman–Crippen MR) is 360 cm³/mol. The molecule has 0 aromatic heterocycles. The van der Waals surface area contributed by atoms with E-state index in [2.05, 4.69) is 112 Å². The standard InChI is InChI=1S/C14H16O.C13H14O2.2C13H14O.C12H11ClO.C12H11FO/c1-3-11-6-5-7-12-10-13(15-4-2)8-9-14(11)12;1-2-15-13-6-5-11-4-3-10(9-14)7-12(11)8-13;1-3-14-12-8-7-11-6-4-5-10(2)13(11)9-12;1-3-14-13-9-12-7-5-4-6-11(12)8-10(13)2;1-2-14-10-7-9-5-3-4-6-11(9)12(13)8-10;1-2-14-12-6-4-9-7-11(13)5-3-10(9)8-12/h5-10H,3-4H2,1-2H3;3-8,14H,2,9H2,1H3;2*4-9H,3H2,1-2H3;2*3-8H,2H2,1H3. The van der Waals surface area contributed by atoms with E-state index in [1.807, 2.05) is 151 Å². The van der Waals surface area contributed by atoms with Crippen LogP contribution in [0.2, 0.25) is 5.02 Å². The van der Waals surface area contributed by atoms with Crippen molar-refractivity contribution in [2.45, 2.75) is 75.3 Å². The van der Waals surface area contributed by atoms with E-state index in [4.69, 9.17) is 45.1 Å². The maximum atomic E-state index is 12.9. The molecule has 0 saturated heterocycles. The molecule has 0 unspecified atom stereocenters. The van der Waals surface area contributed by atoms with Gasteiger partial charge < -0.3 is 33.5 Å². The minimum absolute atomic E-state index is 0.0782. The SMILES string of the molecule is CCOc1cc(Cl)c2ccccc2c1.CCOc1cc2ccccc2cc1C.CCOc1ccc2c(CC)cccc2c1.CCOc1ccc2cc(F)ccc2c1.CCOc1ccc2ccc(CO)cc2c1.CCOc1ccc2cccc(C)c2c1. The molecule has 444 valence electrons. The van der Waals surface area contributed by atoms with Crippen molar-refractivity contribution in [1.82, 2.24) is 0 Å². The number of hydrogen-bond donors (Lipinski definition) is 1. The van der Waals surface area contributed by atoms with E-state index in [0.29, 0.717) is 19.8 Å². The van der Waals surface area contributed by atoms with E-state index in [-0.39, 0.29) is 12.4 Å². The molecule has 12 aromatic carbocycles. The molecule has 0 aliphatic heterocycles. The van der Waals surface area contributed by atoms with Crippen molar-refractivity contribution < 1.29 is 37.9 Å². The average Bonchev–Trinajstić information content (AvgIpc) is 3.59. The molecule has 12 rings (SSSR count). The fraction of sp³-hybridized carbons (Fsp3) is 0.221. The van der Waals surface area contributed by atoms with Gasteiger partial charge in [-0.05, 0) is 234 Å². The normalized spacial score (nSPS) is 10.5. The quantitative estimate of drug-likeness (QED) is 0.116. The van der Waals surface area contributed by atoms with Gasteiger partial charge in [0.05, 0.1) is 51.3 Å². The Kier molecular flexibility index (Phi) is 25.3. The molecule has 0 spiro atoms. The summed E-state index contributed by atoms with van der Waals surface area (Å²) in [5, 5.41) is 23.8. The highest BCUT2D eigenvalue weighted by Gasteiger charge is 2.06. The lowest BCUT2D eigenvalue weighted by Crippen LogP contribution is -1.93. The zero-order valence-electron chi connectivity index (χ0n) is 51.1. The van der Waals surface area contributed by atoms with E-state index in [1.165, 1.54) is 61.1 Å². The predicted octanol–water partition coefficient (Wildman–Crippen LogP) is 20.9. The number of rotatable bonds is 14. The summed E-state index contributed by atoms with van der Waals surface area (Å²) in [5.41, 5.74) is 4.82. The summed E-state index contributed by atoms with van der Waals surface area (Å²) in [5.74, 6) is 5.23. The van der Waals surface area contributed by atoms with Crippen LogP contribution in [-0.4, -0.2) is 44.7 Å². The first-order valence-electron chi connectivity index (χ1n) is 29.7. The lowest BCUT2D eigenvalue weighted by atomic mass is 10.0. The molecule has 1 N–H and O–H groups in total. The number of aliphatic hydroxyl groups is 1. The highest BCUT2D eigenvalue weighted by Crippen LogP contribution is 2.31. The second-order valence-corrected chi connectivity index (χ2v) is 20.4. The van der Waals surface area contributed by atoms with E-state index in [0.717, 1.165) is 104 Å². The highest BCUT2D eigenvalue weighted by atomic mass is 35.5. The van der Waals surface area contributed by atoms with Crippen molar-refractivity contribution >= 4 is 76.2 Å². The Balaban J connectivity index is 0.000000148.